The fraction of sp³-hybridized carbons (Fsp3) is 0.438. The van der Waals surface area contributed by atoms with Gasteiger partial charge in [0.1, 0.15) is 9.94 Å². The van der Waals surface area contributed by atoms with E-state index >= 15 is 0 Å². The smallest absolute Gasteiger partial charge is 0.407 e. The molecule has 10 heteroatoms. The molecule has 2 amide bonds. The Morgan fingerprint density at radius 2 is 2.04 bits per heavy atom. The number of aromatic nitrogens is 1. The van der Waals surface area contributed by atoms with Crippen molar-refractivity contribution in [1.29, 1.82) is 0 Å². The van der Waals surface area contributed by atoms with Gasteiger partial charge in [-0.05, 0) is 39.1 Å². The molecular weight excluding hydrogens is 378 g/mol. The maximum absolute atomic E-state index is 12.1. The molecule has 0 aliphatic rings. The Kier molecular flexibility index (Phi) is 8.40. The number of hydrogen-bond donors (Lipinski definition) is 4. The van der Waals surface area contributed by atoms with Gasteiger partial charge in [-0.3, -0.25) is 4.79 Å². The van der Waals surface area contributed by atoms with Crippen LogP contribution in [0.15, 0.2) is 24.0 Å². The third-order valence-corrected chi connectivity index (χ3v) is 4.04. The lowest BCUT2D eigenvalue weighted by atomic mass is 10.2. The van der Waals surface area contributed by atoms with Crippen LogP contribution in [0.5, 0.6) is 0 Å². The van der Waals surface area contributed by atoms with E-state index in [0.717, 1.165) is 0 Å². The van der Waals surface area contributed by atoms with Crippen molar-refractivity contribution in [2.24, 2.45) is 11.5 Å². The second kappa shape index (κ2) is 10.0. The summed E-state index contributed by atoms with van der Waals surface area (Å²) in [6.07, 6.45) is 4.40. The molecule has 1 aromatic heterocycles. The lowest BCUT2D eigenvalue weighted by Crippen LogP contribution is -2.33. The number of carbonyl (C=O) groups is 2. The predicted octanol–water partition coefficient (Wildman–Crippen LogP) is 1.91. The molecule has 144 valence electrons. The average Bonchev–Trinajstić information content (AvgIpc) is 2.89. The quantitative estimate of drug-likeness (QED) is 0.516. The monoisotopic (exact) mass is 401 g/mol. The largest absolute Gasteiger partial charge is 0.444 e. The summed E-state index contributed by atoms with van der Waals surface area (Å²) >= 11 is 7.26. The first kappa shape index (κ1) is 21.8. The fourth-order valence-electron chi connectivity index (χ4n) is 1.68. The molecule has 1 heterocycles. The molecule has 0 fully saturated rings. The minimum absolute atomic E-state index is 0.131. The van der Waals surface area contributed by atoms with Crippen LogP contribution in [0.3, 0.4) is 0 Å². The maximum atomic E-state index is 12.1. The van der Waals surface area contributed by atoms with Crippen molar-refractivity contribution in [3.05, 3.63) is 39.1 Å². The summed E-state index contributed by atoms with van der Waals surface area (Å²) in [5, 5.41) is 5.88. The van der Waals surface area contributed by atoms with E-state index < -0.39 is 17.6 Å². The molecule has 0 bridgehead atoms. The number of nitrogens with two attached hydrogens (primary N) is 2. The first-order valence-corrected chi connectivity index (χ1v) is 9.05. The average molecular weight is 402 g/mol. The van der Waals surface area contributed by atoms with E-state index in [2.05, 4.69) is 15.6 Å². The van der Waals surface area contributed by atoms with Crippen molar-refractivity contribution in [2.75, 3.05) is 13.1 Å². The van der Waals surface area contributed by atoms with Crippen LogP contribution in [0.2, 0.25) is 4.34 Å². The Bertz CT molecular complexity index is 695. The van der Waals surface area contributed by atoms with Crippen LogP contribution >= 0.6 is 22.9 Å². The Balaban J connectivity index is 2.53. The van der Waals surface area contributed by atoms with Crippen molar-refractivity contribution in [1.82, 2.24) is 15.6 Å². The lowest BCUT2D eigenvalue weighted by Gasteiger charge is -2.19. The fourth-order valence-corrected chi connectivity index (χ4v) is 2.86. The summed E-state index contributed by atoms with van der Waals surface area (Å²) in [4.78, 5) is 27.9. The highest BCUT2D eigenvalue weighted by Crippen LogP contribution is 2.24. The maximum Gasteiger partial charge on any atom is 0.407 e. The minimum atomic E-state index is -0.559. The van der Waals surface area contributed by atoms with Gasteiger partial charge in [-0.1, -0.05) is 11.6 Å². The summed E-state index contributed by atoms with van der Waals surface area (Å²) < 4.78 is 5.42. The molecule has 8 nitrogen and oxygen atoms in total. The SMILES string of the molecule is CC(C)(C)OC(=O)NCCc1nc(C(=O)NC/C(N)=C/C=C\N)c(Cl)s1. The third kappa shape index (κ3) is 8.21. The molecule has 0 aliphatic carbocycles. The van der Waals surface area contributed by atoms with Gasteiger partial charge in [0.25, 0.3) is 5.91 Å². The van der Waals surface area contributed by atoms with E-state index in [9.17, 15) is 9.59 Å². The summed E-state index contributed by atoms with van der Waals surface area (Å²) in [7, 11) is 0. The number of alkyl carbamates (subject to hydrolysis) is 1. The van der Waals surface area contributed by atoms with Gasteiger partial charge >= 0.3 is 6.09 Å². The van der Waals surface area contributed by atoms with Crippen LogP contribution in [0, 0.1) is 0 Å². The Morgan fingerprint density at radius 1 is 1.35 bits per heavy atom. The van der Waals surface area contributed by atoms with Crippen LogP contribution in [0.1, 0.15) is 36.3 Å². The van der Waals surface area contributed by atoms with E-state index in [1.54, 1.807) is 32.9 Å². The zero-order chi connectivity index (χ0) is 19.7. The molecule has 0 radical (unpaired) electrons. The van der Waals surface area contributed by atoms with Gasteiger partial charge < -0.3 is 26.8 Å². The highest BCUT2D eigenvalue weighted by molar-refractivity contribution is 7.16. The minimum Gasteiger partial charge on any atom is -0.444 e. The molecule has 1 aromatic rings. The normalized spacial score (nSPS) is 12.2. The van der Waals surface area contributed by atoms with Crippen LogP contribution in [-0.4, -0.2) is 35.7 Å². The van der Waals surface area contributed by atoms with Crippen molar-refractivity contribution in [2.45, 2.75) is 32.8 Å². The molecule has 0 atom stereocenters. The molecule has 0 saturated carbocycles. The number of nitrogens with one attached hydrogen (secondary N) is 2. The van der Waals surface area contributed by atoms with Gasteiger partial charge in [0.2, 0.25) is 0 Å². The van der Waals surface area contributed by atoms with Gasteiger partial charge in [0, 0.05) is 18.7 Å². The van der Waals surface area contributed by atoms with Gasteiger partial charge in [-0.25, -0.2) is 9.78 Å². The van der Waals surface area contributed by atoms with Crippen LogP contribution in [-0.2, 0) is 11.2 Å². The summed E-state index contributed by atoms with van der Waals surface area (Å²) in [5.74, 6) is -0.425. The standard InChI is InChI=1S/C16H24ClN5O3S/c1-16(2,3)25-15(24)20-8-6-11-22-12(13(17)26-11)14(23)21-9-10(19)5-4-7-18/h4-5,7H,6,8-9,18-19H2,1-3H3,(H,20,24)(H,21,23)/b7-4-,10-5-. The zero-order valence-electron chi connectivity index (χ0n) is 15.0. The third-order valence-electron chi connectivity index (χ3n) is 2.73. The van der Waals surface area contributed by atoms with Crippen LogP contribution in [0.4, 0.5) is 4.79 Å². The van der Waals surface area contributed by atoms with Crippen molar-refractivity contribution in [3.63, 3.8) is 0 Å². The first-order chi connectivity index (χ1) is 12.1. The predicted molar refractivity (Wildman–Crippen MR) is 103 cm³/mol. The van der Waals surface area contributed by atoms with Crippen molar-refractivity contribution < 1.29 is 14.3 Å². The highest BCUT2D eigenvalue weighted by atomic mass is 35.5. The van der Waals surface area contributed by atoms with Gasteiger partial charge in [0.15, 0.2) is 5.69 Å². The topological polar surface area (TPSA) is 132 Å². The number of halogens is 1. The summed E-state index contributed by atoms with van der Waals surface area (Å²) in [6, 6.07) is 0. The molecule has 0 saturated heterocycles. The second-order valence-electron chi connectivity index (χ2n) is 6.22. The van der Waals surface area contributed by atoms with Gasteiger partial charge in [0.05, 0.1) is 11.6 Å². The number of rotatable bonds is 7. The van der Waals surface area contributed by atoms with Crippen molar-refractivity contribution in [3.8, 4) is 0 Å². The van der Waals surface area contributed by atoms with E-state index in [-0.39, 0.29) is 16.6 Å². The van der Waals surface area contributed by atoms with E-state index in [1.807, 2.05) is 0 Å². The van der Waals surface area contributed by atoms with E-state index in [4.69, 9.17) is 27.8 Å². The molecule has 0 spiro atoms. The summed E-state index contributed by atoms with van der Waals surface area (Å²) in [6.45, 7) is 5.82. The molecular formula is C16H24ClN5O3S. The molecule has 0 aliphatic heterocycles. The molecule has 0 aromatic carbocycles. The summed E-state index contributed by atoms with van der Waals surface area (Å²) in [5.41, 5.74) is 10.9. The Morgan fingerprint density at radius 3 is 2.65 bits per heavy atom. The number of nitrogens with zero attached hydrogens (tertiary/aromatic N) is 1. The van der Waals surface area contributed by atoms with E-state index in [0.29, 0.717) is 23.7 Å². The lowest BCUT2D eigenvalue weighted by molar-refractivity contribution is 0.0528. The number of allylic oxidation sites excluding steroid dienone is 2. The Hall–Kier alpha value is -2.26. The van der Waals surface area contributed by atoms with Gasteiger partial charge in [-0.2, -0.15) is 0 Å². The van der Waals surface area contributed by atoms with Crippen LogP contribution in [0.25, 0.3) is 0 Å². The van der Waals surface area contributed by atoms with E-state index in [1.165, 1.54) is 17.5 Å². The second-order valence-corrected chi connectivity index (χ2v) is 7.90. The number of carbonyl (C=O) groups excluding carboxylic acids is 2. The number of thiazole rings is 1. The van der Waals surface area contributed by atoms with Crippen LogP contribution < -0.4 is 22.1 Å². The van der Waals surface area contributed by atoms with Crippen molar-refractivity contribution >= 4 is 34.9 Å². The number of amides is 2. The van der Waals surface area contributed by atoms with Gasteiger partial charge in [-0.15, -0.1) is 11.3 Å². The first-order valence-electron chi connectivity index (χ1n) is 7.85. The molecule has 6 N–H and O–H groups in total. The molecule has 0 unspecified atom stereocenters. The number of hydrogen-bond acceptors (Lipinski definition) is 7. The number of ether oxygens (including phenoxy) is 1. The zero-order valence-corrected chi connectivity index (χ0v) is 16.5. The molecule has 26 heavy (non-hydrogen) atoms. The molecule has 1 rings (SSSR count). The Labute approximate surface area is 161 Å². The highest BCUT2D eigenvalue weighted by Gasteiger charge is 2.18.